The molecule has 21 heavy (non-hydrogen) atoms. The maximum absolute atomic E-state index is 14.1. The van der Waals surface area contributed by atoms with Gasteiger partial charge in [-0.15, -0.1) is 0 Å². The normalized spacial score (nSPS) is 10.7. The van der Waals surface area contributed by atoms with Crippen molar-refractivity contribution in [3.05, 3.63) is 57.8 Å². The zero-order chi connectivity index (χ0) is 15.6. The molecule has 0 fully saturated rings. The Labute approximate surface area is 130 Å². The number of hydrogen-bond donors (Lipinski definition) is 1. The Morgan fingerprint density at radius 1 is 1.29 bits per heavy atom. The molecule has 0 amide bonds. The SMILES string of the molecule is CC(C)c1cccc(Oc2ccc(C(=O)O)c(Br)c2F)c1. The fourth-order valence-corrected chi connectivity index (χ4v) is 2.34. The van der Waals surface area contributed by atoms with Crippen molar-refractivity contribution in [1.82, 2.24) is 0 Å². The summed E-state index contributed by atoms with van der Waals surface area (Å²) in [6.45, 7) is 4.11. The maximum atomic E-state index is 14.1. The van der Waals surface area contributed by atoms with Crippen molar-refractivity contribution >= 4 is 21.9 Å². The molecule has 0 heterocycles. The zero-order valence-electron chi connectivity index (χ0n) is 11.6. The molecule has 5 heteroatoms. The summed E-state index contributed by atoms with van der Waals surface area (Å²) in [7, 11) is 0. The number of rotatable bonds is 4. The molecule has 1 N–H and O–H groups in total. The number of carboxylic acids is 1. The van der Waals surface area contributed by atoms with Crippen LogP contribution in [-0.2, 0) is 0 Å². The van der Waals surface area contributed by atoms with Crippen LogP contribution in [0.15, 0.2) is 40.9 Å². The summed E-state index contributed by atoms with van der Waals surface area (Å²) in [6.07, 6.45) is 0. The molecule has 2 aromatic rings. The van der Waals surface area contributed by atoms with Gasteiger partial charge in [-0.1, -0.05) is 26.0 Å². The van der Waals surface area contributed by atoms with E-state index in [1.54, 1.807) is 6.07 Å². The Morgan fingerprint density at radius 3 is 2.62 bits per heavy atom. The molecule has 0 aliphatic heterocycles. The number of benzene rings is 2. The second-order valence-corrected chi connectivity index (χ2v) is 5.67. The summed E-state index contributed by atoms with van der Waals surface area (Å²) < 4.78 is 19.5. The van der Waals surface area contributed by atoms with Crippen LogP contribution in [0, 0.1) is 5.82 Å². The summed E-state index contributed by atoms with van der Waals surface area (Å²) in [6, 6.07) is 9.98. The number of carbonyl (C=O) groups is 1. The lowest BCUT2D eigenvalue weighted by Gasteiger charge is -2.11. The molecular formula is C16H14BrFO3. The first-order valence-corrected chi connectivity index (χ1v) is 7.18. The van der Waals surface area contributed by atoms with E-state index in [2.05, 4.69) is 29.8 Å². The van der Waals surface area contributed by atoms with Gasteiger partial charge < -0.3 is 9.84 Å². The fraction of sp³-hybridized carbons (Fsp3) is 0.188. The highest BCUT2D eigenvalue weighted by Crippen LogP contribution is 2.32. The van der Waals surface area contributed by atoms with Gasteiger partial charge in [0.25, 0.3) is 0 Å². The average molecular weight is 353 g/mol. The lowest BCUT2D eigenvalue weighted by atomic mass is 10.0. The molecule has 0 aliphatic rings. The molecule has 3 nitrogen and oxygen atoms in total. The maximum Gasteiger partial charge on any atom is 0.336 e. The zero-order valence-corrected chi connectivity index (χ0v) is 13.1. The van der Waals surface area contributed by atoms with Crippen LogP contribution in [0.4, 0.5) is 4.39 Å². The Bertz CT molecular complexity index is 683. The molecule has 0 unspecified atom stereocenters. The summed E-state index contributed by atoms with van der Waals surface area (Å²) in [4.78, 5) is 10.9. The predicted molar refractivity (Wildman–Crippen MR) is 81.7 cm³/mol. The standard InChI is InChI=1S/C16H14BrFO3/c1-9(2)10-4-3-5-11(8-10)21-13-7-6-12(16(19)20)14(17)15(13)18/h3-9H,1-2H3,(H,19,20). The summed E-state index contributed by atoms with van der Waals surface area (Å²) >= 11 is 2.95. The largest absolute Gasteiger partial charge is 0.478 e. The molecular weight excluding hydrogens is 339 g/mol. The Kier molecular flexibility index (Phi) is 4.63. The molecule has 110 valence electrons. The van der Waals surface area contributed by atoms with Gasteiger partial charge in [0.15, 0.2) is 11.6 Å². The van der Waals surface area contributed by atoms with Gasteiger partial charge in [0.2, 0.25) is 0 Å². The van der Waals surface area contributed by atoms with E-state index in [9.17, 15) is 9.18 Å². The van der Waals surface area contributed by atoms with E-state index < -0.39 is 11.8 Å². The first-order valence-electron chi connectivity index (χ1n) is 6.39. The number of aromatic carboxylic acids is 1. The van der Waals surface area contributed by atoms with Crippen molar-refractivity contribution in [3.63, 3.8) is 0 Å². The second kappa shape index (κ2) is 6.26. The van der Waals surface area contributed by atoms with E-state index in [-0.39, 0.29) is 15.8 Å². The van der Waals surface area contributed by atoms with Crippen LogP contribution in [0.25, 0.3) is 0 Å². The van der Waals surface area contributed by atoms with Crippen LogP contribution in [0.5, 0.6) is 11.5 Å². The average Bonchev–Trinajstić information content (AvgIpc) is 2.44. The van der Waals surface area contributed by atoms with Gasteiger partial charge in [-0.25, -0.2) is 9.18 Å². The van der Waals surface area contributed by atoms with Crippen molar-refractivity contribution in [2.75, 3.05) is 0 Å². The molecule has 0 spiro atoms. The van der Waals surface area contributed by atoms with E-state index in [1.165, 1.54) is 12.1 Å². The molecule has 0 aromatic heterocycles. The molecule has 0 radical (unpaired) electrons. The van der Waals surface area contributed by atoms with Crippen molar-refractivity contribution < 1.29 is 19.0 Å². The Balaban J connectivity index is 2.34. The summed E-state index contributed by atoms with van der Waals surface area (Å²) in [5, 5.41) is 8.93. The van der Waals surface area contributed by atoms with Crippen LogP contribution < -0.4 is 4.74 Å². The first kappa shape index (κ1) is 15.5. The molecule has 2 aromatic carbocycles. The topological polar surface area (TPSA) is 46.5 Å². The number of ether oxygens (including phenoxy) is 1. The third-order valence-electron chi connectivity index (χ3n) is 3.03. The van der Waals surface area contributed by atoms with E-state index in [4.69, 9.17) is 9.84 Å². The van der Waals surface area contributed by atoms with Crippen molar-refractivity contribution in [1.29, 1.82) is 0 Å². The van der Waals surface area contributed by atoms with Gasteiger partial charge in [0.1, 0.15) is 5.75 Å². The van der Waals surface area contributed by atoms with Crippen LogP contribution in [0.2, 0.25) is 0 Å². The molecule has 0 saturated heterocycles. The van der Waals surface area contributed by atoms with Gasteiger partial charge in [0, 0.05) is 0 Å². The first-order chi connectivity index (χ1) is 9.90. The van der Waals surface area contributed by atoms with Crippen LogP contribution in [-0.4, -0.2) is 11.1 Å². The van der Waals surface area contributed by atoms with Gasteiger partial charge in [0.05, 0.1) is 10.0 Å². The lowest BCUT2D eigenvalue weighted by Crippen LogP contribution is -2.01. The molecule has 0 aliphatic carbocycles. The molecule has 2 rings (SSSR count). The highest BCUT2D eigenvalue weighted by atomic mass is 79.9. The van der Waals surface area contributed by atoms with Gasteiger partial charge in [-0.3, -0.25) is 0 Å². The minimum atomic E-state index is -1.20. The minimum Gasteiger partial charge on any atom is -0.478 e. The minimum absolute atomic E-state index is 0.0206. The second-order valence-electron chi connectivity index (χ2n) is 4.87. The van der Waals surface area contributed by atoms with Gasteiger partial charge >= 0.3 is 5.97 Å². The molecule has 0 atom stereocenters. The number of halogens is 2. The number of carboxylic acid groups (broad SMARTS) is 1. The van der Waals surface area contributed by atoms with Crippen molar-refractivity contribution in [2.45, 2.75) is 19.8 Å². The van der Waals surface area contributed by atoms with Crippen LogP contribution in [0.3, 0.4) is 0 Å². The van der Waals surface area contributed by atoms with Gasteiger partial charge in [-0.2, -0.15) is 0 Å². The lowest BCUT2D eigenvalue weighted by molar-refractivity contribution is 0.0695. The van der Waals surface area contributed by atoms with Crippen molar-refractivity contribution in [3.8, 4) is 11.5 Å². The van der Waals surface area contributed by atoms with Gasteiger partial charge in [-0.05, 0) is 51.7 Å². The van der Waals surface area contributed by atoms with E-state index in [1.807, 2.05) is 18.2 Å². The summed E-state index contributed by atoms with van der Waals surface area (Å²) in [5.41, 5.74) is 0.935. The highest BCUT2D eigenvalue weighted by molar-refractivity contribution is 9.10. The predicted octanol–water partition coefficient (Wildman–Crippen LogP) is 5.20. The van der Waals surface area contributed by atoms with Crippen LogP contribution >= 0.6 is 15.9 Å². The van der Waals surface area contributed by atoms with Crippen molar-refractivity contribution in [2.24, 2.45) is 0 Å². The van der Waals surface area contributed by atoms with E-state index in [0.717, 1.165) is 5.56 Å². The summed E-state index contributed by atoms with van der Waals surface area (Å²) in [5.74, 6) is -1.11. The highest BCUT2D eigenvalue weighted by Gasteiger charge is 2.17. The third-order valence-corrected chi connectivity index (χ3v) is 3.81. The molecule has 0 bridgehead atoms. The molecule has 0 saturated carbocycles. The Hall–Kier alpha value is -1.88. The monoisotopic (exact) mass is 352 g/mol. The quantitative estimate of drug-likeness (QED) is 0.822. The van der Waals surface area contributed by atoms with E-state index >= 15 is 0 Å². The number of hydrogen-bond acceptors (Lipinski definition) is 2. The fourth-order valence-electron chi connectivity index (χ4n) is 1.84. The van der Waals surface area contributed by atoms with Crippen LogP contribution in [0.1, 0.15) is 35.7 Å². The third kappa shape index (κ3) is 3.42. The Morgan fingerprint density at radius 2 is 2.00 bits per heavy atom. The smallest absolute Gasteiger partial charge is 0.336 e. The van der Waals surface area contributed by atoms with E-state index in [0.29, 0.717) is 11.7 Å².